The lowest BCUT2D eigenvalue weighted by Gasteiger charge is -2.11. The van der Waals surface area contributed by atoms with E-state index in [0.29, 0.717) is 19.4 Å². The van der Waals surface area contributed by atoms with Gasteiger partial charge in [0.15, 0.2) is 0 Å². The van der Waals surface area contributed by atoms with Crippen molar-refractivity contribution in [2.75, 3.05) is 6.54 Å². The molecular weight excluding hydrogens is 238 g/mol. The number of rotatable bonds is 7. The summed E-state index contributed by atoms with van der Waals surface area (Å²) in [7, 11) is 0. The van der Waals surface area contributed by atoms with Gasteiger partial charge in [0.25, 0.3) is 0 Å². The maximum atomic E-state index is 10.2. The van der Waals surface area contributed by atoms with E-state index in [1.807, 2.05) is 13.8 Å². The average molecular weight is 263 g/mol. The van der Waals surface area contributed by atoms with E-state index >= 15 is 0 Å². The molecule has 0 aliphatic rings. The van der Waals surface area contributed by atoms with Gasteiger partial charge < -0.3 is 27.4 Å². The molecule has 108 valence electrons. The minimum Gasteiger partial charge on any atom is -0.480 e. The molecule has 3 atom stereocenters. The molecule has 0 aromatic rings. The van der Waals surface area contributed by atoms with Crippen LogP contribution in [0.5, 0.6) is 0 Å². The van der Waals surface area contributed by atoms with E-state index in [2.05, 4.69) is 0 Å². The van der Waals surface area contributed by atoms with Crippen LogP contribution in [-0.4, -0.2) is 40.8 Å². The first kappa shape index (κ1) is 19.2. The maximum Gasteiger partial charge on any atom is 0.320 e. The van der Waals surface area contributed by atoms with Gasteiger partial charge in [-0.3, -0.25) is 9.59 Å². The van der Waals surface area contributed by atoms with Crippen LogP contribution in [0.25, 0.3) is 0 Å². The van der Waals surface area contributed by atoms with Crippen molar-refractivity contribution in [2.24, 2.45) is 23.1 Å². The van der Waals surface area contributed by atoms with Crippen LogP contribution in [0.15, 0.2) is 0 Å². The molecule has 0 rings (SSSR count). The van der Waals surface area contributed by atoms with Crippen molar-refractivity contribution in [3.05, 3.63) is 0 Å². The molecule has 0 saturated carbocycles. The van der Waals surface area contributed by atoms with E-state index in [1.165, 1.54) is 0 Å². The van der Waals surface area contributed by atoms with Gasteiger partial charge in [-0.1, -0.05) is 20.3 Å². The maximum absolute atomic E-state index is 10.2. The van der Waals surface area contributed by atoms with Crippen LogP contribution in [0, 0.1) is 5.92 Å². The zero-order chi connectivity index (χ0) is 14.7. The van der Waals surface area contributed by atoms with Crippen molar-refractivity contribution in [3.63, 3.8) is 0 Å². The fourth-order valence-corrected chi connectivity index (χ4v) is 0.959. The zero-order valence-electron chi connectivity index (χ0n) is 11.0. The van der Waals surface area contributed by atoms with Crippen LogP contribution in [0.2, 0.25) is 0 Å². The predicted octanol–water partition coefficient (Wildman–Crippen LogP) is -0.418. The molecule has 0 bridgehead atoms. The molecule has 7 nitrogen and oxygen atoms in total. The second-order valence-electron chi connectivity index (χ2n) is 4.13. The monoisotopic (exact) mass is 263 g/mol. The highest BCUT2D eigenvalue weighted by atomic mass is 16.4. The topological polar surface area (TPSA) is 153 Å². The molecular formula is C11H25N3O4. The summed E-state index contributed by atoms with van der Waals surface area (Å²) in [5, 5.41) is 16.6. The van der Waals surface area contributed by atoms with Gasteiger partial charge in [0.2, 0.25) is 0 Å². The van der Waals surface area contributed by atoms with Crippen LogP contribution < -0.4 is 17.2 Å². The molecule has 8 N–H and O–H groups in total. The fourth-order valence-electron chi connectivity index (χ4n) is 0.959. The molecule has 7 heteroatoms. The number of carboxylic acid groups (broad SMARTS) is 2. The molecule has 0 heterocycles. The smallest absolute Gasteiger partial charge is 0.320 e. The minimum atomic E-state index is -0.955. The number of nitrogens with two attached hydrogens (primary N) is 3. The second kappa shape index (κ2) is 10.9. The van der Waals surface area contributed by atoms with Crippen molar-refractivity contribution in [1.82, 2.24) is 0 Å². The third kappa shape index (κ3) is 10.0. The summed E-state index contributed by atoms with van der Waals surface area (Å²) in [5.41, 5.74) is 15.5. The zero-order valence-corrected chi connectivity index (χ0v) is 11.0. The van der Waals surface area contributed by atoms with Gasteiger partial charge >= 0.3 is 11.9 Å². The van der Waals surface area contributed by atoms with Gasteiger partial charge in [0.1, 0.15) is 12.1 Å². The third-order valence-electron chi connectivity index (χ3n) is 2.58. The van der Waals surface area contributed by atoms with E-state index in [1.54, 1.807) is 0 Å². The summed E-state index contributed by atoms with van der Waals surface area (Å²) in [6, 6.07) is -1.44. The molecule has 0 aromatic carbocycles. The molecule has 0 amide bonds. The van der Waals surface area contributed by atoms with Crippen molar-refractivity contribution < 1.29 is 19.8 Å². The second-order valence-corrected chi connectivity index (χ2v) is 4.13. The Labute approximate surface area is 107 Å². The van der Waals surface area contributed by atoms with E-state index in [-0.39, 0.29) is 5.92 Å². The Morgan fingerprint density at radius 2 is 1.67 bits per heavy atom. The molecule has 3 unspecified atom stereocenters. The molecule has 0 aliphatic carbocycles. The fraction of sp³-hybridized carbons (Fsp3) is 0.818. The molecule has 18 heavy (non-hydrogen) atoms. The van der Waals surface area contributed by atoms with Gasteiger partial charge in [-0.2, -0.15) is 0 Å². The highest BCUT2D eigenvalue weighted by Gasteiger charge is 2.17. The lowest BCUT2D eigenvalue weighted by molar-refractivity contribution is -0.140. The highest BCUT2D eigenvalue weighted by molar-refractivity contribution is 5.73. The van der Waals surface area contributed by atoms with Crippen LogP contribution >= 0.6 is 0 Å². The third-order valence-corrected chi connectivity index (χ3v) is 2.58. The largest absolute Gasteiger partial charge is 0.480 e. The van der Waals surface area contributed by atoms with Crippen molar-refractivity contribution in [3.8, 4) is 0 Å². The Bertz CT molecular complexity index is 248. The lowest BCUT2D eigenvalue weighted by atomic mass is 10.0. The quantitative estimate of drug-likeness (QED) is 0.418. The van der Waals surface area contributed by atoms with Crippen molar-refractivity contribution in [2.45, 2.75) is 45.2 Å². The van der Waals surface area contributed by atoms with Crippen LogP contribution in [-0.2, 0) is 9.59 Å². The summed E-state index contributed by atoms with van der Waals surface area (Å²) >= 11 is 0. The predicted molar refractivity (Wildman–Crippen MR) is 69.0 cm³/mol. The van der Waals surface area contributed by atoms with Crippen LogP contribution in [0.4, 0.5) is 0 Å². The number of hydrogen-bond donors (Lipinski definition) is 5. The Kier molecular flexibility index (Phi) is 11.7. The van der Waals surface area contributed by atoms with Crippen molar-refractivity contribution in [1.29, 1.82) is 0 Å². The average Bonchev–Trinajstić information content (AvgIpc) is 2.34. The first-order chi connectivity index (χ1) is 8.27. The van der Waals surface area contributed by atoms with Crippen molar-refractivity contribution >= 4 is 11.9 Å². The number of carboxylic acids is 2. The Balaban J connectivity index is 0. The van der Waals surface area contributed by atoms with E-state index in [9.17, 15) is 9.59 Å². The minimum absolute atomic E-state index is 0.0718. The van der Waals surface area contributed by atoms with Gasteiger partial charge in [-0.25, -0.2) is 0 Å². The van der Waals surface area contributed by atoms with E-state index < -0.39 is 24.0 Å². The summed E-state index contributed by atoms with van der Waals surface area (Å²) in [5.74, 6) is -1.80. The summed E-state index contributed by atoms with van der Waals surface area (Å²) in [4.78, 5) is 20.2. The lowest BCUT2D eigenvalue weighted by Crippen LogP contribution is -2.36. The first-order valence-corrected chi connectivity index (χ1v) is 5.94. The van der Waals surface area contributed by atoms with Gasteiger partial charge in [-0.15, -0.1) is 0 Å². The number of carbonyl (C=O) groups is 2. The molecule has 0 aliphatic heterocycles. The summed E-state index contributed by atoms with van der Waals surface area (Å²) in [6.07, 6.45) is 1.95. The summed E-state index contributed by atoms with van der Waals surface area (Å²) < 4.78 is 0. The molecule has 0 aromatic heterocycles. The Morgan fingerprint density at radius 3 is 1.89 bits per heavy atom. The number of hydrogen-bond acceptors (Lipinski definition) is 5. The van der Waals surface area contributed by atoms with E-state index in [0.717, 1.165) is 6.42 Å². The standard InChI is InChI=1S/C6H13NO2.C5H12N2O2/c1-3-4(2)5(7)6(8)9;6-3-1-2-4(7)5(8)9/h4-5H,3,7H2,1-2H3,(H,8,9);4H,1-3,6-7H2,(H,8,9). The van der Waals surface area contributed by atoms with Gasteiger partial charge in [0.05, 0.1) is 0 Å². The summed E-state index contributed by atoms with van der Waals surface area (Å²) in [6.45, 7) is 4.26. The highest BCUT2D eigenvalue weighted by Crippen LogP contribution is 2.04. The van der Waals surface area contributed by atoms with Gasteiger partial charge in [-0.05, 0) is 25.3 Å². The molecule has 0 spiro atoms. The van der Waals surface area contributed by atoms with E-state index in [4.69, 9.17) is 27.4 Å². The number of aliphatic carboxylic acids is 2. The molecule has 0 saturated heterocycles. The first-order valence-electron chi connectivity index (χ1n) is 5.94. The molecule has 0 radical (unpaired) electrons. The molecule has 0 fully saturated rings. The van der Waals surface area contributed by atoms with Crippen LogP contribution in [0.3, 0.4) is 0 Å². The SMILES string of the molecule is CCC(C)C(N)C(=O)O.NCCCC(N)C(=O)O. The normalized spacial score (nSPS) is 14.9. The van der Waals surface area contributed by atoms with Gasteiger partial charge in [0, 0.05) is 0 Å². The Morgan fingerprint density at radius 1 is 1.17 bits per heavy atom. The van der Waals surface area contributed by atoms with Crippen LogP contribution in [0.1, 0.15) is 33.1 Å². The Hall–Kier alpha value is -1.18.